The molecule has 1 spiro atoms. The molecule has 3 aliphatic rings. The molecular weight excluding hydrogens is 618 g/mol. The first-order valence-corrected chi connectivity index (χ1v) is 17.0. The zero-order valence-corrected chi connectivity index (χ0v) is 27.9. The summed E-state index contributed by atoms with van der Waals surface area (Å²) in [5.41, 5.74) is 0.124. The van der Waals surface area contributed by atoms with Crippen molar-refractivity contribution in [3.05, 3.63) is 47.7 Å². The van der Waals surface area contributed by atoms with Crippen molar-refractivity contribution in [2.24, 2.45) is 5.92 Å². The first kappa shape index (κ1) is 35.0. The summed E-state index contributed by atoms with van der Waals surface area (Å²) in [6.07, 6.45) is 5.32. The van der Waals surface area contributed by atoms with Crippen molar-refractivity contribution in [3.8, 4) is 0 Å². The van der Waals surface area contributed by atoms with Crippen LogP contribution in [0.3, 0.4) is 0 Å². The van der Waals surface area contributed by atoms with E-state index >= 15 is 0 Å². The van der Waals surface area contributed by atoms with Gasteiger partial charge in [-0.2, -0.15) is 0 Å². The minimum atomic E-state index is -1.44. The van der Waals surface area contributed by atoms with Crippen molar-refractivity contribution >= 4 is 29.6 Å². The van der Waals surface area contributed by atoms with Crippen LogP contribution >= 0.6 is 0 Å². The number of hydrogen-bond acceptors (Lipinski definition) is 9. The van der Waals surface area contributed by atoms with Gasteiger partial charge in [0.2, 0.25) is 35.4 Å². The Bertz CT molecular complexity index is 1470. The number of carbonyl (C=O) groups excluding carboxylic acids is 4. The number of hydrogen-bond donors (Lipinski definition) is 5. The zero-order valence-electron chi connectivity index (χ0n) is 27.9. The molecule has 5 atom stereocenters. The summed E-state index contributed by atoms with van der Waals surface area (Å²) in [6.45, 7) is 6.03. The Kier molecular flexibility index (Phi) is 11.1. The Morgan fingerprint density at radius 3 is 2.23 bits per heavy atom. The van der Waals surface area contributed by atoms with E-state index in [-0.39, 0.29) is 30.6 Å². The van der Waals surface area contributed by atoms with E-state index in [1.54, 1.807) is 6.92 Å². The highest BCUT2D eigenvalue weighted by Crippen LogP contribution is 2.45. The first-order chi connectivity index (χ1) is 23.0. The van der Waals surface area contributed by atoms with Crippen LogP contribution in [-0.2, 0) is 35.9 Å². The van der Waals surface area contributed by atoms with Crippen LogP contribution in [0.15, 0.2) is 34.7 Å². The smallest absolute Gasteiger partial charge is 0.305 e. The molecule has 2 aliphatic heterocycles. The molecule has 1 aliphatic carbocycles. The van der Waals surface area contributed by atoms with Gasteiger partial charge in [-0.15, -0.1) is 10.2 Å². The van der Waals surface area contributed by atoms with E-state index < -0.39 is 65.9 Å². The number of fused-ring (bicyclic) bond motifs is 5. The third kappa shape index (κ3) is 8.03. The summed E-state index contributed by atoms with van der Waals surface area (Å²) in [4.78, 5) is 69.2. The summed E-state index contributed by atoms with van der Waals surface area (Å²) in [5.74, 6) is -3.13. The van der Waals surface area contributed by atoms with Gasteiger partial charge < -0.3 is 30.8 Å². The Morgan fingerprint density at radius 1 is 0.896 bits per heavy atom. The van der Waals surface area contributed by atoms with Gasteiger partial charge in [0, 0.05) is 13.0 Å². The number of aromatic nitrogens is 2. The van der Waals surface area contributed by atoms with Gasteiger partial charge in [0.1, 0.15) is 29.7 Å². The number of aliphatic carboxylic acids is 1. The summed E-state index contributed by atoms with van der Waals surface area (Å²) >= 11 is 0. The van der Waals surface area contributed by atoms with Gasteiger partial charge in [0.15, 0.2) is 0 Å². The van der Waals surface area contributed by atoms with Crippen molar-refractivity contribution in [2.75, 3.05) is 6.54 Å². The summed E-state index contributed by atoms with van der Waals surface area (Å²) < 4.78 is 6.26. The fourth-order valence-corrected chi connectivity index (χ4v) is 7.24. The quantitative estimate of drug-likeness (QED) is 0.305. The molecule has 1 aromatic heterocycles. The second-order valence-corrected chi connectivity index (χ2v) is 13.7. The average molecular weight is 666 g/mol. The third-order valence-electron chi connectivity index (χ3n) is 9.62. The van der Waals surface area contributed by atoms with Crippen LogP contribution in [0.25, 0.3) is 0 Å². The Morgan fingerprint density at radius 2 is 1.54 bits per heavy atom. The van der Waals surface area contributed by atoms with Crippen LogP contribution in [0.2, 0.25) is 0 Å². The molecule has 1 saturated heterocycles. The average Bonchev–Trinajstić information content (AvgIpc) is 3.75. The van der Waals surface area contributed by atoms with E-state index in [0.29, 0.717) is 31.7 Å². The van der Waals surface area contributed by atoms with Crippen LogP contribution in [0, 0.1) is 5.92 Å². The molecule has 3 heterocycles. The lowest BCUT2D eigenvalue weighted by Crippen LogP contribution is -2.60. The highest BCUT2D eigenvalue weighted by atomic mass is 16.4. The molecule has 5 rings (SSSR count). The Labute approximate surface area is 280 Å². The summed E-state index contributed by atoms with van der Waals surface area (Å²) in [5, 5.41) is 29.4. The minimum Gasteiger partial charge on any atom is -0.481 e. The summed E-state index contributed by atoms with van der Waals surface area (Å²) in [6, 6.07) is 4.40. The van der Waals surface area contributed by atoms with Crippen LogP contribution < -0.4 is 21.3 Å². The molecule has 4 amide bonds. The zero-order chi connectivity index (χ0) is 34.4. The van der Waals surface area contributed by atoms with Gasteiger partial charge in [-0.25, -0.2) is 0 Å². The maximum atomic E-state index is 14.2. The lowest BCUT2D eigenvalue weighted by molar-refractivity contribution is -0.141. The second-order valence-electron chi connectivity index (χ2n) is 13.7. The lowest BCUT2D eigenvalue weighted by atomic mass is 9.79. The van der Waals surface area contributed by atoms with E-state index in [1.807, 2.05) is 44.2 Å². The molecule has 0 radical (unpaired) electrons. The fourth-order valence-electron chi connectivity index (χ4n) is 7.24. The number of amides is 4. The van der Waals surface area contributed by atoms with E-state index in [1.165, 1.54) is 0 Å². The van der Waals surface area contributed by atoms with E-state index in [4.69, 9.17) is 4.42 Å². The number of carboxylic acids is 1. The first-order valence-electron chi connectivity index (χ1n) is 17.0. The standard InChI is InChI=1S/C34H47N7O7/c1-20(2)17-23-29(45)37-25(19-27(42)43)28(44)35-21(3)32-39-40-33(48-32)34(14-8-5-9-15-34)41-16-10-13-26(41)31(47)38-24(30(46)36-23)18-22-11-6-4-7-12-22/h4,6-7,11-12,20-21,23-26H,5,8-10,13-19H2,1-3H3,(H,35,44)(H,36,46)(H,37,45)(H,38,47)(H,42,43)/t21-,23+,24-,25+,26-/m0/s1. The Hall–Kier alpha value is -4.33. The molecule has 1 aromatic carbocycles. The SMILES string of the molecule is CC(C)C[C@H]1NC(=O)[C@H](Cc2ccccc2)NC(=O)[C@@H]2CCCN2C2(CCCCC2)c2nnc(o2)[C@H](C)NC(=O)[C@@H](CC(=O)O)NC1=O. The van der Waals surface area contributed by atoms with Gasteiger partial charge >= 0.3 is 5.97 Å². The predicted molar refractivity (Wildman–Crippen MR) is 173 cm³/mol. The lowest BCUT2D eigenvalue weighted by Gasteiger charge is -2.44. The molecule has 260 valence electrons. The van der Waals surface area contributed by atoms with Crippen LogP contribution in [0.4, 0.5) is 0 Å². The number of nitrogens with zero attached hydrogens (tertiary/aromatic N) is 3. The monoisotopic (exact) mass is 665 g/mol. The topological polar surface area (TPSA) is 196 Å². The van der Waals surface area contributed by atoms with E-state index in [9.17, 15) is 29.1 Å². The van der Waals surface area contributed by atoms with Crippen molar-refractivity contribution in [1.29, 1.82) is 0 Å². The van der Waals surface area contributed by atoms with Crippen LogP contribution in [-0.4, -0.2) is 80.5 Å². The van der Waals surface area contributed by atoms with Crippen molar-refractivity contribution < 1.29 is 33.5 Å². The van der Waals surface area contributed by atoms with Crippen molar-refractivity contribution in [1.82, 2.24) is 36.4 Å². The number of rotatable bonds is 6. The van der Waals surface area contributed by atoms with Gasteiger partial charge in [-0.1, -0.05) is 63.4 Å². The minimum absolute atomic E-state index is 0.0432. The van der Waals surface area contributed by atoms with Gasteiger partial charge in [-0.3, -0.25) is 28.9 Å². The highest BCUT2D eigenvalue weighted by Gasteiger charge is 2.50. The second kappa shape index (κ2) is 15.3. The van der Waals surface area contributed by atoms with E-state index in [2.05, 4.69) is 36.4 Å². The van der Waals surface area contributed by atoms with Crippen molar-refractivity contribution in [2.45, 2.75) is 121 Å². The molecule has 5 N–H and O–H groups in total. The van der Waals surface area contributed by atoms with Crippen LogP contribution in [0.1, 0.15) is 102 Å². The fraction of sp³-hybridized carbons (Fsp3) is 0.618. The number of nitrogens with one attached hydrogen (secondary N) is 4. The maximum absolute atomic E-state index is 14.2. The molecule has 14 nitrogen and oxygen atoms in total. The largest absolute Gasteiger partial charge is 0.481 e. The molecule has 2 aromatic rings. The molecule has 48 heavy (non-hydrogen) atoms. The maximum Gasteiger partial charge on any atom is 0.305 e. The normalized spacial score (nSPS) is 27.3. The number of carboxylic acid groups (broad SMARTS) is 1. The van der Waals surface area contributed by atoms with Gasteiger partial charge in [-0.05, 0) is 50.5 Å². The van der Waals surface area contributed by atoms with Gasteiger partial charge in [0.05, 0.1) is 12.5 Å². The molecule has 2 fully saturated rings. The molecule has 1 saturated carbocycles. The van der Waals surface area contributed by atoms with Crippen LogP contribution in [0.5, 0.6) is 0 Å². The molecule has 14 heteroatoms. The van der Waals surface area contributed by atoms with E-state index in [0.717, 1.165) is 31.2 Å². The van der Waals surface area contributed by atoms with Crippen molar-refractivity contribution in [3.63, 3.8) is 0 Å². The third-order valence-corrected chi connectivity index (χ3v) is 9.62. The molecule has 0 unspecified atom stereocenters. The molecular formula is C34H47N7O7. The predicted octanol–water partition coefficient (Wildman–Crippen LogP) is 2.10. The summed E-state index contributed by atoms with van der Waals surface area (Å²) in [7, 11) is 0. The van der Waals surface area contributed by atoms with Gasteiger partial charge in [0.25, 0.3) is 0 Å². The number of carbonyl (C=O) groups is 5. The Balaban J connectivity index is 1.56. The molecule has 2 bridgehead atoms. The highest BCUT2D eigenvalue weighted by molar-refractivity contribution is 5.96. The number of benzene rings is 1.